The Balaban J connectivity index is 2.90. The van der Waals surface area contributed by atoms with Gasteiger partial charge in [-0.3, -0.25) is 0 Å². The lowest BCUT2D eigenvalue weighted by Crippen LogP contribution is -2.16. The highest BCUT2D eigenvalue weighted by Gasteiger charge is 2.12. The summed E-state index contributed by atoms with van der Waals surface area (Å²) in [5, 5.41) is 3.28. The fraction of sp³-hybridized carbons (Fsp3) is 0.571. The van der Waals surface area contributed by atoms with Crippen LogP contribution in [0.1, 0.15) is 40.5 Å². The van der Waals surface area contributed by atoms with Crippen molar-refractivity contribution in [1.82, 2.24) is 0 Å². The molecule has 0 bridgehead atoms. The lowest BCUT2D eigenvalue weighted by atomic mass is 10.1. The highest BCUT2D eigenvalue weighted by atomic mass is 19.1. The van der Waals surface area contributed by atoms with Crippen LogP contribution in [0.3, 0.4) is 0 Å². The number of rotatable bonds is 6. The molecule has 1 rings (SSSR count). The summed E-state index contributed by atoms with van der Waals surface area (Å²) in [6.07, 6.45) is 2.06. The molecule has 18 heavy (non-hydrogen) atoms. The molecule has 0 aliphatic rings. The topological polar surface area (TPSA) is 47.3 Å². The second-order valence-electron chi connectivity index (χ2n) is 4.87. The van der Waals surface area contributed by atoms with Gasteiger partial charge in [0, 0.05) is 18.2 Å². The number of hydrogen-bond donors (Lipinski definition) is 2. The molecule has 102 valence electrons. The molecular formula is C14H23FN2O. The third-order valence-corrected chi connectivity index (χ3v) is 2.59. The smallest absolute Gasteiger partial charge is 0.167 e. The van der Waals surface area contributed by atoms with Crippen molar-refractivity contribution in [2.75, 3.05) is 11.1 Å². The first-order valence-corrected chi connectivity index (χ1v) is 6.46. The van der Waals surface area contributed by atoms with Crippen LogP contribution in [0.4, 0.5) is 15.8 Å². The molecule has 1 unspecified atom stereocenters. The number of benzene rings is 1. The van der Waals surface area contributed by atoms with E-state index in [4.69, 9.17) is 10.5 Å². The zero-order valence-corrected chi connectivity index (χ0v) is 11.6. The van der Waals surface area contributed by atoms with Crippen LogP contribution in [-0.4, -0.2) is 12.1 Å². The van der Waals surface area contributed by atoms with Crippen molar-refractivity contribution in [3.63, 3.8) is 0 Å². The van der Waals surface area contributed by atoms with Crippen molar-refractivity contribution < 1.29 is 9.13 Å². The highest BCUT2D eigenvalue weighted by molar-refractivity contribution is 5.68. The minimum absolute atomic E-state index is 0.0657. The molecule has 3 nitrogen and oxygen atoms in total. The maximum absolute atomic E-state index is 13.6. The molecule has 0 aliphatic heterocycles. The number of nitrogen functional groups attached to an aromatic ring is 1. The Morgan fingerprint density at radius 1 is 1.33 bits per heavy atom. The Kier molecular flexibility index (Phi) is 5.25. The molecule has 1 atom stereocenters. The van der Waals surface area contributed by atoms with Crippen LogP contribution < -0.4 is 15.8 Å². The van der Waals surface area contributed by atoms with Gasteiger partial charge in [0.1, 0.15) is 0 Å². The van der Waals surface area contributed by atoms with Crippen molar-refractivity contribution in [2.24, 2.45) is 0 Å². The number of hydrogen-bond acceptors (Lipinski definition) is 3. The number of halogens is 1. The molecule has 3 N–H and O–H groups in total. The molecule has 4 heteroatoms. The maximum Gasteiger partial charge on any atom is 0.167 e. The molecule has 0 radical (unpaired) electrons. The van der Waals surface area contributed by atoms with E-state index in [1.54, 1.807) is 6.07 Å². The first-order valence-electron chi connectivity index (χ1n) is 6.46. The molecule has 0 fully saturated rings. The third kappa shape index (κ3) is 4.09. The first kappa shape index (κ1) is 14.6. The largest absolute Gasteiger partial charge is 0.488 e. The standard InChI is InChI=1S/C14H23FN2O/c1-5-6-10(4)17-13-8-14(18-9(2)3)11(15)7-12(13)16/h7-10,17H,5-6,16H2,1-4H3. The normalized spacial score (nSPS) is 12.6. The average Bonchev–Trinajstić information content (AvgIpc) is 2.24. The van der Waals surface area contributed by atoms with E-state index >= 15 is 0 Å². The summed E-state index contributed by atoms with van der Waals surface area (Å²) in [4.78, 5) is 0. The Morgan fingerprint density at radius 3 is 2.56 bits per heavy atom. The molecule has 0 heterocycles. The van der Waals surface area contributed by atoms with Crippen LogP contribution in [0.5, 0.6) is 5.75 Å². The molecule has 1 aromatic rings. The van der Waals surface area contributed by atoms with Gasteiger partial charge in [-0.05, 0) is 27.2 Å². The zero-order valence-electron chi connectivity index (χ0n) is 11.6. The van der Waals surface area contributed by atoms with Gasteiger partial charge in [-0.15, -0.1) is 0 Å². The number of anilines is 2. The number of nitrogens with two attached hydrogens (primary N) is 1. The van der Waals surface area contributed by atoms with Gasteiger partial charge in [0.2, 0.25) is 0 Å². The number of nitrogens with one attached hydrogen (secondary N) is 1. The maximum atomic E-state index is 13.6. The summed E-state index contributed by atoms with van der Waals surface area (Å²) in [5.74, 6) is -0.180. The van der Waals surface area contributed by atoms with E-state index in [1.165, 1.54) is 6.07 Å². The lowest BCUT2D eigenvalue weighted by Gasteiger charge is -2.18. The van der Waals surface area contributed by atoms with Gasteiger partial charge in [0.25, 0.3) is 0 Å². The summed E-state index contributed by atoms with van der Waals surface area (Å²) in [6, 6.07) is 3.24. The molecule has 0 saturated carbocycles. The highest BCUT2D eigenvalue weighted by Crippen LogP contribution is 2.29. The molecule has 0 amide bonds. The lowest BCUT2D eigenvalue weighted by molar-refractivity contribution is 0.231. The van der Waals surface area contributed by atoms with Crippen LogP contribution in [0.2, 0.25) is 0 Å². The minimum atomic E-state index is -0.421. The summed E-state index contributed by atoms with van der Waals surface area (Å²) < 4.78 is 19.1. The summed E-state index contributed by atoms with van der Waals surface area (Å²) in [6.45, 7) is 7.93. The molecule has 0 aliphatic carbocycles. The first-order chi connectivity index (χ1) is 8.43. The second-order valence-corrected chi connectivity index (χ2v) is 4.87. The molecular weight excluding hydrogens is 231 g/mol. The second kappa shape index (κ2) is 6.47. The molecule has 1 aromatic carbocycles. The van der Waals surface area contributed by atoms with Gasteiger partial charge in [-0.1, -0.05) is 13.3 Å². The van der Waals surface area contributed by atoms with E-state index in [1.807, 2.05) is 13.8 Å². The van der Waals surface area contributed by atoms with Crippen molar-refractivity contribution in [3.8, 4) is 5.75 Å². The van der Waals surface area contributed by atoms with Crippen LogP contribution in [0.25, 0.3) is 0 Å². The Bertz CT molecular complexity index is 394. The Hall–Kier alpha value is -1.45. The minimum Gasteiger partial charge on any atom is -0.488 e. The van der Waals surface area contributed by atoms with Crippen LogP contribution in [0.15, 0.2) is 12.1 Å². The third-order valence-electron chi connectivity index (χ3n) is 2.59. The van der Waals surface area contributed by atoms with Crippen LogP contribution >= 0.6 is 0 Å². The molecule has 0 spiro atoms. The van der Waals surface area contributed by atoms with E-state index in [0.29, 0.717) is 11.7 Å². The van der Waals surface area contributed by atoms with E-state index in [0.717, 1.165) is 18.5 Å². The Morgan fingerprint density at radius 2 is 2.00 bits per heavy atom. The van der Waals surface area contributed by atoms with Crippen molar-refractivity contribution in [3.05, 3.63) is 17.9 Å². The Labute approximate surface area is 109 Å². The van der Waals surface area contributed by atoms with Gasteiger partial charge in [-0.25, -0.2) is 4.39 Å². The van der Waals surface area contributed by atoms with Crippen molar-refractivity contribution in [2.45, 2.75) is 52.7 Å². The fourth-order valence-corrected chi connectivity index (χ4v) is 1.81. The van der Waals surface area contributed by atoms with Gasteiger partial charge in [0.05, 0.1) is 17.5 Å². The molecule has 0 aromatic heterocycles. The van der Waals surface area contributed by atoms with Gasteiger partial charge >= 0.3 is 0 Å². The van der Waals surface area contributed by atoms with Gasteiger partial charge in [0.15, 0.2) is 11.6 Å². The van der Waals surface area contributed by atoms with E-state index in [9.17, 15) is 4.39 Å². The van der Waals surface area contributed by atoms with E-state index < -0.39 is 5.82 Å². The monoisotopic (exact) mass is 254 g/mol. The molecule has 0 saturated heterocycles. The van der Waals surface area contributed by atoms with Gasteiger partial charge in [-0.2, -0.15) is 0 Å². The average molecular weight is 254 g/mol. The predicted octanol–water partition coefficient (Wildman–Crippen LogP) is 3.80. The van der Waals surface area contributed by atoms with Crippen LogP contribution in [-0.2, 0) is 0 Å². The fourth-order valence-electron chi connectivity index (χ4n) is 1.81. The summed E-state index contributed by atoms with van der Waals surface area (Å²) in [5.41, 5.74) is 6.95. The summed E-state index contributed by atoms with van der Waals surface area (Å²) in [7, 11) is 0. The zero-order chi connectivity index (χ0) is 13.7. The number of ether oxygens (including phenoxy) is 1. The van der Waals surface area contributed by atoms with Crippen molar-refractivity contribution >= 4 is 11.4 Å². The van der Waals surface area contributed by atoms with E-state index in [-0.39, 0.29) is 11.9 Å². The summed E-state index contributed by atoms with van der Waals surface area (Å²) >= 11 is 0. The van der Waals surface area contributed by atoms with Crippen molar-refractivity contribution in [1.29, 1.82) is 0 Å². The van der Waals surface area contributed by atoms with Crippen LogP contribution in [0, 0.1) is 5.82 Å². The van der Waals surface area contributed by atoms with Gasteiger partial charge < -0.3 is 15.8 Å². The SMILES string of the molecule is CCCC(C)Nc1cc(OC(C)C)c(F)cc1N. The quantitative estimate of drug-likeness (QED) is 0.759. The van der Waals surface area contributed by atoms with E-state index in [2.05, 4.69) is 19.2 Å². The predicted molar refractivity (Wildman–Crippen MR) is 74.6 cm³/mol.